The van der Waals surface area contributed by atoms with Crippen molar-refractivity contribution in [3.05, 3.63) is 89.1 Å². The molecule has 1 aliphatic heterocycles. The van der Waals surface area contributed by atoms with Gasteiger partial charge in [0.25, 0.3) is 5.91 Å². The number of rotatable bonds is 10. The van der Waals surface area contributed by atoms with Crippen LogP contribution in [0.25, 0.3) is 6.08 Å². The predicted molar refractivity (Wildman–Crippen MR) is 126 cm³/mol. The monoisotopic (exact) mass is 452 g/mol. The Balaban J connectivity index is 1.96. The zero-order valence-corrected chi connectivity index (χ0v) is 18.7. The first-order valence-electron chi connectivity index (χ1n) is 10.2. The second-order valence-corrected chi connectivity index (χ2v) is 7.41. The molecule has 0 saturated carbocycles. The van der Waals surface area contributed by atoms with Crippen LogP contribution in [0.2, 0.25) is 5.02 Å². The molecule has 0 atom stereocenters. The van der Waals surface area contributed by atoms with Crippen molar-refractivity contribution < 1.29 is 19.1 Å². The lowest BCUT2D eigenvalue weighted by molar-refractivity contribution is -0.122. The molecule has 6 nitrogen and oxygen atoms in total. The number of urea groups is 1. The Morgan fingerprint density at radius 3 is 2.56 bits per heavy atom. The number of carbonyl (C=O) groups excluding carboxylic acids is 2. The molecule has 1 aliphatic rings. The highest BCUT2D eigenvalue weighted by molar-refractivity contribution is 6.31. The molecular formula is C25H25ClN2O4. The normalized spacial score (nSPS) is 14.4. The first-order chi connectivity index (χ1) is 15.5. The van der Waals surface area contributed by atoms with Crippen molar-refractivity contribution in [2.24, 2.45) is 0 Å². The van der Waals surface area contributed by atoms with Crippen LogP contribution in [-0.2, 0) is 17.8 Å². The SMILES string of the molecule is C=CCc1cc(/C=C2/NC(=O)N(CC=C)C2=O)cc(OCC)c1OCc1ccccc1Cl. The molecule has 2 aromatic carbocycles. The number of imide groups is 1. The van der Waals surface area contributed by atoms with E-state index >= 15 is 0 Å². The van der Waals surface area contributed by atoms with Gasteiger partial charge in [-0.05, 0) is 43.2 Å². The Kier molecular flexibility index (Phi) is 7.73. The number of amides is 3. The van der Waals surface area contributed by atoms with Crippen LogP contribution in [-0.4, -0.2) is 30.0 Å². The van der Waals surface area contributed by atoms with E-state index in [-0.39, 0.29) is 18.8 Å². The predicted octanol–water partition coefficient (Wildman–Crippen LogP) is 5.12. The summed E-state index contributed by atoms with van der Waals surface area (Å²) in [7, 11) is 0. The van der Waals surface area contributed by atoms with E-state index < -0.39 is 11.9 Å². The number of nitrogens with one attached hydrogen (secondary N) is 1. The van der Waals surface area contributed by atoms with E-state index in [2.05, 4.69) is 18.5 Å². The standard InChI is InChI=1S/C25H25ClN2O4/c1-4-9-18-13-17(14-21-24(29)28(12-5-2)25(30)27-21)15-22(31-6-3)23(18)32-16-19-10-7-8-11-20(19)26/h4-5,7-8,10-11,13-15H,1-2,6,9,12,16H2,3H3,(H,27,30)/b21-14+. The Morgan fingerprint density at radius 2 is 1.88 bits per heavy atom. The highest BCUT2D eigenvalue weighted by atomic mass is 35.5. The molecule has 166 valence electrons. The van der Waals surface area contributed by atoms with Gasteiger partial charge in [0.2, 0.25) is 0 Å². The summed E-state index contributed by atoms with van der Waals surface area (Å²) in [6.07, 6.45) is 5.41. The molecule has 1 fully saturated rings. The molecule has 3 amide bonds. The fourth-order valence-electron chi connectivity index (χ4n) is 3.30. The van der Waals surface area contributed by atoms with Crippen molar-refractivity contribution in [1.29, 1.82) is 0 Å². The van der Waals surface area contributed by atoms with Gasteiger partial charge in [0, 0.05) is 22.7 Å². The maximum atomic E-state index is 12.5. The van der Waals surface area contributed by atoms with E-state index in [9.17, 15) is 9.59 Å². The number of carbonyl (C=O) groups is 2. The van der Waals surface area contributed by atoms with Crippen molar-refractivity contribution in [2.75, 3.05) is 13.2 Å². The lowest BCUT2D eigenvalue weighted by Crippen LogP contribution is -2.30. The number of allylic oxidation sites excluding steroid dienone is 1. The summed E-state index contributed by atoms with van der Waals surface area (Å²) in [6, 6.07) is 10.7. The lowest BCUT2D eigenvalue weighted by atomic mass is 10.0. The van der Waals surface area contributed by atoms with E-state index in [0.29, 0.717) is 35.1 Å². The third-order valence-electron chi connectivity index (χ3n) is 4.73. The molecular weight excluding hydrogens is 428 g/mol. The molecule has 32 heavy (non-hydrogen) atoms. The van der Waals surface area contributed by atoms with Crippen molar-refractivity contribution in [2.45, 2.75) is 20.0 Å². The highest BCUT2D eigenvalue weighted by Crippen LogP contribution is 2.36. The second kappa shape index (κ2) is 10.7. The summed E-state index contributed by atoms with van der Waals surface area (Å²) < 4.78 is 12.0. The van der Waals surface area contributed by atoms with Gasteiger partial charge < -0.3 is 14.8 Å². The number of ether oxygens (including phenoxy) is 2. The molecule has 0 spiro atoms. The topological polar surface area (TPSA) is 67.9 Å². The number of halogens is 1. The minimum absolute atomic E-state index is 0.142. The van der Waals surface area contributed by atoms with Crippen LogP contribution in [0.5, 0.6) is 11.5 Å². The summed E-state index contributed by atoms with van der Waals surface area (Å²) in [5.41, 5.74) is 2.58. The van der Waals surface area contributed by atoms with Crippen molar-refractivity contribution >= 4 is 29.6 Å². The molecule has 0 aromatic heterocycles. The zero-order valence-electron chi connectivity index (χ0n) is 17.9. The Bertz CT molecular complexity index is 1080. The van der Waals surface area contributed by atoms with Crippen LogP contribution in [0.1, 0.15) is 23.6 Å². The second-order valence-electron chi connectivity index (χ2n) is 7.01. The molecule has 3 rings (SSSR count). The van der Waals surface area contributed by atoms with Crippen molar-refractivity contribution in [3.63, 3.8) is 0 Å². The van der Waals surface area contributed by atoms with E-state index in [4.69, 9.17) is 21.1 Å². The average Bonchev–Trinajstić information content (AvgIpc) is 3.02. The summed E-state index contributed by atoms with van der Waals surface area (Å²) in [6.45, 7) is 10.1. The summed E-state index contributed by atoms with van der Waals surface area (Å²) >= 11 is 6.26. The Hall–Kier alpha value is -3.51. The molecule has 1 heterocycles. The minimum Gasteiger partial charge on any atom is -0.490 e. The minimum atomic E-state index is -0.475. The largest absolute Gasteiger partial charge is 0.490 e. The van der Waals surface area contributed by atoms with Gasteiger partial charge in [-0.2, -0.15) is 0 Å². The summed E-state index contributed by atoms with van der Waals surface area (Å²) in [5.74, 6) is 0.714. The molecule has 0 aliphatic carbocycles. The van der Waals surface area contributed by atoms with Gasteiger partial charge in [-0.15, -0.1) is 13.2 Å². The number of nitrogens with zero attached hydrogens (tertiary/aromatic N) is 1. The van der Waals surface area contributed by atoms with Gasteiger partial charge in [0.05, 0.1) is 6.61 Å². The molecule has 0 radical (unpaired) electrons. The first-order valence-corrected chi connectivity index (χ1v) is 10.6. The molecule has 0 bridgehead atoms. The fourth-order valence-corrected chi connectivity index (χ4v) is 3.49. The van der Waals surface area contributed by atoms with Gasteiger partial charge >= 0.3 is 6.03 Å². The van der Waals surface area contributed by atoms with Crippen LogP contribution in [0, 0.1) is 0 Å². The van der Waals surface area contributed by atoms with E-state index in [0.717, 1.165) is 16.0 Å². The molecule has 1 saturated heterocycles. The smallest absolute Gasteiger partial charge is 0.329 e. The van der Waals surface area contributed by atoms with Crippen molar-refractivity contribution in [1.82, 2.24) is 10.2 Å². The third kappa shape index (κ3) is 5.21. The fraction of sp³-hybridized carbons (Fsp3) is 0.200. The van der Waals surface area contributed by atoms with Gasteiger partial charge in [-0.25, -0.2) is 4.79 Å². The van der Waals surface area contributed by atoms with Crippen LogP contribution >= 0.6 is 11.6 Å². The Morgan fingerprint density at radius 1 is 1.09 bits per heavy atom. The molecule has 0 unspecified atom stereocenters. The van der Waals surface area contributed by atoms with E-state index in [1.54, 1.807) is 18.2 Å². The maximum Gasteiger partial charge on any atom is 0.329 e. The van der Waals surface area contributed by atoms with E-state index in [1.807, 2.05) is 37.3 Å². The number of hydrogen-bond donors (Lipinski definition) is 1. The molecule has 1 N–H and O–H groups in total. The highest BCUT2D eigenvalue weighted by Gasteiger charge is 2.32. The van der Waals surface area contributed by atoms with Crippen LogP contribution < -0.4 is 14.8 Å². The van der Waals surface area contributed by atoms with Gasteiger partial charge in [-0.3, -0.25) is 9.69 Å². The number of hydrogen-bond acceptors (Lipinski definition) is 4. The van der Waals surface area contributed by atoms with Gasteiger partial charge in [-0.1, -0.05) is 42.0 Å². The quantitative estimate of drug-likeness (QED) is 0.308. The van der Waals surface area contributed by atoms with E-state index in [1.165, 1.54) is 6.08 Å². The third-order valence-corrected chi connectivity index (χ3v) is 5.10. The summed E-state index contributed by atoms with van der Waals surface area (Å²) in [4.78, 5) is 25.7. The zero-order chi connectivity index (χ0) is 23.1. The number of benzene rings is 2. The first kappa shape index (κ1) is 23.2. The maximum absolute atomic E-state index is 12.5. The van der Waals surface area contributed by atoms with Crippen LogP contribution in [0.3, 0.4) is 0 Å². The summed E-state index contributed by atoms with van der Waals surface area (Å²) in [5, 5.41) is 3.22. The molecule has 7 heteroatoms. The Labute approximate surface area is 192 Å². The lowest BCUT2D eigenvalue weighted by Gasteiger charge is -2.17. The van der Waals surface area contributed by atoms with Crippen molar-refractivity contribution in [3.8, 4) is 11.5 Å². The average molecular weight is 453 g/mol. The van der Waals surface area contributed by atoms with Gasteiger partial charge in [0.1, 0.15) is 12.3 Å². The van der Waals surface area contributed by atoms with Crippen LogP contribution in [0.4, 0.5) is 4.79 Å². The van der Waals surface area contributed by atoms with Crippen LogP contribution in [0.15, 0.2) is 67.4 Å². The van der Waals surface area contributed by atoms with Gasteiger partial charge in [0.15, 0.2) is 11.5 Å². The molecule has 2 aromatic rings.